The molecule has 1 saturated heterocycles. The van der Waals surface area contributed by atoms with Crippen molar-refractivity contribution in [3.8, 4) is 11.1 Å². The molecule has 4 rings (SSSR count). The number of ether oxygens (including phenoxy) is 1. The van der Waals surface area contributed by atoms with Gasteiger partial charge in [-0.2, -0.15) is 5.10 Å². The molecule has 1 aromatic carbocycles. The van der Waals surface area contributed by atoms with Gasteiger partial charge in [-0.1, -0.05) is 6.07 Å². The minimum Gasteiger partial charge on any atom is -0.378 e. The minimum absolute atomic E-state index is 0. The quantitative estimate of drug-likeness (QED) is 0.790. The number of nitrogens with one attached hydrogen (secondary N) is 1. The lowest BCUT2D eigenvalue weighted by atomic mass is 10.0. The number of fused-ring (bicyclic) bond motifs is 1. The first-order chi connectivity index (χ1) is 10.8. The molecule has 1 fully saturated rings. The molecule has 0 spiro atoms. The van der Waals surface area contributed by atoms with Gasteiger partial charge >= 0.3 is 0 Å². The van der Waals surface area contributed by atoms with Gasteiger partial charge in [-0.15, -0.1) is 0 Å². The van der Waals surface area contributed by atoms with E-state index >= 15 is 0 Å². The summed E-state index contributed by atoms with van der Waals surface area (Å²) < 4.78 is 5.46. The maximum atomic E-state index is 5.46. The van der Waals surface area contributed by atoms with Gasteiger partial charge in [-0.25, -0.2) is 0 Å². The predicted molar refractivity (Wildman–Crippen MR) is 89.2 cm³/mol. The summed E-state index contributed by atoms with van der Waals surface area (Å²) in [5.41, 5.74) is 5.64. The lowest BCUT2D eigenvalue weighted by Gasteiger charge is -2.29. The van der Waals surface area contributed by atoms with E-state index in [4.69, 9.17) is 4.74 Å². The van der Waals surface area contributed by atoms with Gasteiger partial charge < -0.3 is 9.64 Å². The Morgan fingerprint density at radius 1 is 1.23 bits per heavy atom. The van der Waals surface area contributed by atoms with Crippen LogP contribution < -0.4 is 4.90 Å². The van der Waals surface area contributed by atoms with Crippen molar-refractivity contribution < 1.29 is 6.16 Å². The number of rotatable bonds is 2. The van der Waals surface area contributed by atoms with Crippen molar-refractivity contribution in [2.75, 3.05) is 31.2 Å². The van der Waals surface area contributed by atoms with Gasteiger partial charge in [0.1, 0.15) is 0 Å². The Hall–Kier alpha value is -2.40. The molecule has 1 aliphatic heterocycles. The van der Waals surface area contributed by atoms with E-state index in [1.165, 1.54) is 16.6 Å². The first-order valence-corrected chi connectivity index (χ1v) is 7.55. The van der Waals surface area contributed by atoms with E-state index in [9.17, 15) is 0 Å². The number of hydrogen-bond acceptors (Lipinski definition) is 4. The fourth-order valence-corrected chi connectivity index (χ4v) is 3.02. The molecule has 3 heterocycles. The van der Waals surface area contributed by atoms with Gasteiger partial charge in [0, 0.05) is 43.0 Å². The molecular weight excluding hydrogens is 276 g/mol. The summed E-state index contributed by atoms with van der Waals surface area (Å²) in [4.78, 5) is 6.87. The van der Waals surface area contributed by atoms with E-state index in [2.05, 4.69) is 44.3 Å². The van der Waals surface area contributed by atoms with Gasteiger partial charge in [0.25, 0.3) is 0 Å². The Morgan fingerprint density at radius 2 is 2.09 bits per heavy atom. The number of aryl methyl sites for hydroxylation is 1. The number of benzene rings is 1. The maximum absolute atomic E-state index is 5.46. The Balaban J connectivity index is 0.00000156. The first-order valence-electron chi connectivity index (χ1n) is 7.55. The van der Waals surface area contributed by atoms with Crippen LogP contribution in [0.15, 0.2) is 36.7 Å². The fraction of sp³-hybridized carbons (Fsp3) is 0.294. The molecular formula is C17H20N4O. The van der Waals surface area contributed by atoms with Gasteiger partial charge in [-0.05, 0) is 30.7 Å². The van der Waals surface area contributed by atoms with Crippen molar-refractivity contribution >= 4 is 16.6 Å². The van der Waals surface area contributed by atoms with Gasteiger partial charge in [0.15, 0.2) is 0 Å². The molecule has 0 unspecified atom stereocenters. The van der Waals surface area contributed by atoms with Crippen molar-refractivity contribution in [3.05, 3.63) is 42.4 Å². The summed E-state index contributed by atoms with van der Waals surface area (Å²) in [5, 5.41) is 8.31. The van der Waals surface area contributed by atoms with E-state index in [1.54, 1.807) is 0 Å². The number of aromatic nitrogens is 3. The van der Waals surface area contributed by atoms with E-state index in [-0.39, 0.29) is 1.43 Å². The third kappa shape index (κ3) is 2.23. The summed E-state index contributed by atoms with van der Waals surface area (Å²) in [5.74, 6) is 0. The summed E-state index contributed by atoms with van der Waals surface area (Å²) >= 11 is 0. The fourth-order valence-electron chi connectivity index (χ4n) is 3.02. The van der Waals surface area contributed by atoms with Crippen molar-refractivity contribution in [1.82, 2.24) is 15.2 Å². The number of morpholine rings is 1. The van der Waals surface area contributed by atoms with E-state index in [1.807, 2.05) is 19.3 Å². The molecule has 1 N–H and O–H groups in total. The average Bonchev–Trinajstić information content (AvgIpc) is 3.01. The standard InChI is InChI=1S/C17H18N4O.H2/c1-12-15(11-19-20-12)13-2-3-16-14(10-13)17(4-5-18-16)21-6-8-22-9-7-21;/h2-5,10-11H,6-9H2,1H3,(H,19,20);1H. The smallest absolute Gasteiger partial charge is 0.0723 e. The van der Waals surface area contributed by atoms with E-state index in [0.717, 1.165) is 43.1 Å². The monoisotopic (exact) mass is 296 g/mol. The molecule has 2 aromatic heterocycles. The van der Waals surface area contributed by atoms with Gasteiger partial charge in [0.2, 0.25) is 0 Å². The summed E-state index contributed by atoms with van der Waals surface area (Å²) in [6.45, 7) is 5.45. The Bertz CT molecular complexity index is 811. The first kappa shape index (κ1) is 13.3. The maximum Gasteiger partial charge on any atom is 0.0723 e. The largest absolute Gasteiger partial charge is 0.378 e. The second kappa shape index (κ2) is 5.42. The number of anilines is 1. The number of hydrogen-bond donors (Lipinski definition) is 1. The molecule has 5 heteroatoms. The number of H-pyrrole nitrogens is 1. The normalized spacial score (nSPS) is 15.4. The van der Waals surface area contributed by atoms with Gasteiger partial charge in [0.05, 0.1) is 24.9 Å². The lowest BCUT2D eigenvalue weighted by Crippen LogP contribution is -2.36. The van der Waals surface area contributed by atoms with Crippen LogP contribution in [-0.4, -0.2) is 41.5 Å². The molecule has 0 aliphatic carbocycles. The highest BCUT2D eigenvalue weighted by molar-refractivity contribution is 5.94. The van der Waals surface area contributed by atoms with Crippen LogP contribution in [0.4, 0.5) is 5.69 Å². The zero-order chi connectivity index (χ0) is 14.9. The minimum atomic E-state index is 0. The van der Waals surface area contributed by atoms with E-state index < -0.39 is 0 Å². The van der Waals surface area contributed by atoms with Crippen LogP contribution in [0.25, 0.3) is 22.0 Å². The molecule has 0 bridgehead atoms. The highest BCUT2D eigenvalue weighted by atomic mass is 16.5. The van der Waals surface area contributed by atoms with Crippen LogP contribution in [0.2, 0.25) is 0 Å². The highest BCUT2D eigenvalue weighted by Gasteiger charge is 2.15. The highest BCUT2D eigenvalue weighted by Crippen LogP contribution is 2.31. The Kier molecular flexibility index (Phi) is 3.27. The third-order valence-electron chi connectivity index (χ3n) is 4.21. The molecule has 5 nitrogen and oxygen atoms in total. The summed E-state index contributed by atoms with van der Waals surface area (Å²) in [7, 11) is 0. The van der Waals surface area contributed by atoms with Crippen molar-refractivity contribution in [2.45, 2.75) is 6.92 Å². The Morgan fingerprint density at radius 3 is 2.86 bits per heavy atom. The van der Waals surface area contributed by atoms with Crippen LogP contribution in [0.5, 0.6) is 0 Å². The SMILES string of the molecule is Cc1[nH]ncc1-c1ccc2nccc(N3CCOCC3)c2c1.[HH]. The molecule has 3 aromatic rings. The molecule has 0 saturated carbocycles. The molecule has 114 valence electrons. The van der Waals surface area contributed by atoms with Crippen molar-refractivity contribution in [2.24, 2.45) is 0 Å². The number of nitrogens with zero attached hydrogens (tertiary/aromatic N) is 3. The zero-order valence-electron chi connectivity index (χ0n) is 12.5. The zero-order valence-corrected chi connectivity index (χ0v) is 12.5. The van der Waals surface area contributed by atoms with Crippen LogP contribution in [0.3, 0.4) is 0 Å². The van der Waals surface area contributed by atoms with Crippen LogP contribution >= 0.6 is 0 Å². The van der Waals surface area contributed by atoms with Crippen LogP contribution in [-0.2, 0) is 4.74 Å². The molecule has 0 amide bonds. The molecule has 0 atom stereocenters. The summed E-state index contributed by atoms with van der Waals surface area (Å²) in [6.07, 6.45) is 3.76. The molecule has 22 heavy (non-hydrogen) atoms. The van der Waals surface area contributed by atoms with Crippen molar-refractivity contribution in [3.63, 3.8) is 0 Å². The lowest BCUT2D eigenvalue weighted by molar-refractivity contribution is 0.123. The second-order valence-electron chi connectivity index (χ2n) is 5.57. The molecule has 0 radical (unpaired) electrons. The molecule has 1 aliphatic rings. The van der Waals surface area contributed by atoms with Crippen molar-refractivity contribution in [1.29, 1.82) is 0 Å². The second-order valence-corrected chi connectivity index (χ2v) is 5.57. The topological polar surface area (TPSA) is 54.0 Å². The van der Waals surface area contributed by atoms with E-state index in [0.29, 0.717) is 0 Å². The predicted octanol–water partition coefficient (Wildman–Crippen LogP) is 3.02. The van der Waals surface area contributed by atoms with Crippen LogP contribution in [0, 0.1) is 6.92 Å². The van der Waals surface area contributed by atoms with Gasteiger partial charge in [-0.3, -0.25) is 10.1 Å². The third-order valence-corrected chi connectivity index (χ3v) is 4.21. The average molecular weight is 296 g/mol. The summed E-state index contributed by atoms with van der Waals surface area (Å²) in [6, 6.07) is 8.50. The Labute approximate surface area is 130 Å². The number of pyridine rings is 1. The number of aromatic amines is 1. The van der Waals surface area contributed by atoms with Crippen LogP contribution in [0.1, 0.15) is 7.12 Å².